The molecule has 4 nitrogen and oxygen atoms in total. The molecule has 4 heteroatoms. The fourth-order valence-corrected chi connectivity index (χ4v) is 10.1. The number of rotatable bonds is 2. The van der Waals surface area contributed by atoms with Crippen molar-refractivity contribution in [3.05, 3.63) is 168 Å². The average Bonchev–Trinajstić information content (AvgIpc) is 3.63. The van der Waals surface area contributed by atoms with E-state index in [-0.39, 0.29) is 10.8 Å². The van der Waals surface area contributed by atoms with Crippen molar-refractivity contribution in [1.29, 1.82) is 0 Å². The maximum atomic E-state index is 2.46. The zero-order valence-electron chi connectivity index (χ0n) is 31.6. The Morgan fingerprint density at radius 2 is 0.630 bits per heavy atom. The highest BCUT2D eigenvalue weighted by molar-refractivity contribution is 6.19. The molecule has 9 aromatic rings. The SMILES string of the molecule is Cn1c2ccc(N3c4ccccc4C(C)(C)c4ccccc43)cc2c2cc3c(cc21)c1cc(N2c4ccccc4C(C)(C)c4ccccc42)ccc1n3C. The van der Waals surface area contributed by atoms with Crippen LogP contribution in [0.15, 0.2) is 146 Å². The largest absolute Gasteiger partial charge is 0.344 e. The predicted octanol–water partition coefficient (Wildman–Crippen LogP) is 13.2. The first-order chi connectivity index (χ1) is 26.1. The second kappa shape index (κ2) is 10.7. The van der Waals surface area contributed by atoms with Crippen molar-refractivity contribution in [2.45, 2.75) is 38.5 Å². The topological polar surface area (TPSA) is 16.3 Å². The first kappa shape index (κ1) is 31.3. The zero-order chi connectivity index (χ0) is 36.7. The van der Waals surface area contributed by atoms with E-state index in [1.807, 2.05) is 0 Å². The van der Waals surface area contributed by atoms with Crippen LogP contribution < -0.4 is 9.80 Å². The summed E-state index contributed by atoms with van der Waals surface area (Å²) in [6.45, 7) is 9.38. The molecule has 0 saturated carbocycles. The summed E-state index contributed by atoms with van der Waals surface area (Å²) in [6, 6.07) is 54.5. The summed E-state index contributed by atoms with van der Waals surface area (Å²) in [5.41, 5.74) is 17.5. The van der Waals surface area contributed by atoms with E-state index in [2.05, 4.69) is 206 Å². The molecule has 0 amide bonds. The first-order valence-electron chi connectivity index (χ1n) is 19.1. The molecule has 0 bridgehead atoms. The number of fused-ring (bicyclic) bond motifs is 10. The van der Waals surface area contributed by atoms with Gasteiger partial charge in [0.2, 0.25) is 0 Å². The van der Waals surface area contributed by atoms with Crippen molar-refractivity contribution in [2.75, 3.05) is 9.80 Å². The van der Waals surface area contributed by atoms with E-state index in [1.165, 1.54) is 100.0 Å². The molecule has 0 N–H and O–H groups in total. The lowest BCUT2D eigenvalue weighted by molar-refractivity contribution is 0.632. The second-order valence-corrected chi connectivity index (χ2v) is 16.4. The molecule has 0 radical (unpaired) electrons. The van der Waals surface area contributed by atoms with Crippen molar-refractivity contribution in [2.24, 2.45) is 14.1 Å². The minimum atomic E-state index is -0.0927. The van der Waals surface area contributed by atoms with Gasteiger partial charge in [0.1, 0.15) is 0 Å². The molecule has 7 aromatic carbocycles. The van der Waals surface area contributed by atoms with Crippen LogP contribution in [0.1, 0.15) is 49.9 Å². The van der Waals surface area contributed by atoms with Crippen LogP contribution in [0, 0.1) is 0 Å². The monoisotopic (exact) mass is 698 g/mol. The lowest BCUT2D eigenvalue weighted by Crippen LogP contribution is -2.30. The molecule has 4 heterocycles. The molecule has 2 aliphatic heterocycles. The Bertz CT molecular complexity index is 2740. The maximum absolute atomic E-state index is 2.46. The molecule has 0 atom stereocenters. The van der Waals surface area contributed by atoms with E-state index in [9.17, 15) is 0 Å². The molecule has 0 saturated heterocycles. The summed E-state index contributed by atoms with van der Waals surface area (Å²) in [4.78, 5) is 4.92. The lowest BCUT2D eigenvalue weighted by Gasteiger charge is -2.42. The normalized spacial score (nSPS) is 15.4. The van der Waals surface area contributed by atoms with Crippen LogP contribution in [0.3, 0.4) is 0 Å². The summed E-state index contributed by atoms with van der Waals surface area (Å²) >= 11 is 0. The summed E-state index contributed by atoms with van der Waals surface area (Å²) in [5, 5.41) is 5.07. The van der Waals surface area contributed by atoms with E-state index in [0.717, 1.165) is 0 Å². The standard InChI is InChI=1S/C50H42N4/c1-49(2)37-15-7-11-19-43(37)53(44-20-12-8-16-38(44)49)31-23-25-41-33(27-31)35-29-48-36(30-47(35)51(41)5)34-28-32(24-26-42(34)52(48)6)54-45-21-13-9-17-39(45)50(3,4)40-18-10-14-22-46(40)54/h7-30H,1-6H3. The number of anilines is 6. The van der Waals surface area contributed by atoms with Crippen LogP contribution in [0.5, 0.6) is 0 Å². The minimum Gasteiger partial charge on any atom is -0.344 e. The number of para-hydroxylation sites is 4. The van der Waals surface area contributed by atoms with E-state index in [4.69, 9.17) is 0 Å². The number of benzene rings is 7. The number of aromatic nitrogens is 2. The third-order valence-electron chi connectivity index (χ3n) is 12.9. The fourth-order valence-electron chi connectivity index (χ4n) is 10.1. The Labute approximate surface area is 316 Å². The van der Waals surface area contributed by atoms with Gasteiger partial charge in [0.05, 0.1) is 22.7 Å². The van der Waals surface area contributed by atoms with Crippen LogP contribution in [-0.4, -0.2) is 9.13 Å². The quantitative estimate of drug-likeness (QED) is 0.179. The molecule has 262 valence electrons. The number of nitrogens with zero attached hydrogens (tertiary/aromatic N) is 4. The Hall–Kier alpha value is -6.26. The zero-order valence-corrected chi connectivity index (χ0v) is 31.6. The van der Waals surface area contributed by atoms with Crippen LogP contribution >= 0.6 is 0 Å². The number of aryl methyl sites for hydroxylation is 2. The Kier molecular flexibility index (Phi) is 6.18. The third kappa shape index (κ3) is 3.98. The van der Waals surface area contributed by atoms with Gasteiger partial charge in [-0.2, -0.15) is 0 Å². The number of hydrogen-bond donors (Lipinski definition) is 0. The van der Waals surface area contributed by atoms with Crippen LogP contribution in [0.4, 0.5) is 34.1 Å². The van der Waals surface area contributed by atoms with Crippen molar-refractivity contribution in [1.82, 2.24) is 9.13 Å². The van der Waals surface area contributed by atoms with Gasteiger partial charge in [-0.15, -0.1) is 0 Å². The van der Waals surface area contributed by atoms with Gasteiger partial charge in [-0.3, -0.25) is 0 Å². The molecule has 54 heavy (non-hydrogen) atoms. The van der Waals surface area contributed by atoms with Gasteiger partial charge in [0.15, 0.2) is 0 Å². The van der Waals surface area contributed by atoms with Crippen LogP contribution in [-0.2, 0) is 24.9 Å². The Morgan fingerprint density at radius 3 is 0.963 bits per heavy atom. The van der Waals surface area contributed by atoms with Crippen molar-refractivity contribution >= 4 is 77.7 Å². The molecular formula is C50H42N4. The molecule has 11 rings (SSSR count). The Morgan fingerprint density at radius 1 is 0.333 bits per heavy atom. The summed E-state index contributed by atoms with van der Waals surface area (Å²) < 4.78 is 4.74. The molecule has 2 aromatic heterocycles. The summed E-state index contributed by atoms with van der Waals surface area (Å²) in [7, 11) is 4.42. The lowest BCUT2D eigenvalue weighted by atomic mass is 9.73. The third-order valence-corrected chi connectivity index (χ3v) is 12.9. The second-order valence-electron chi connectivity index (χ2n) is 16.4. The van der Waals surface area contributed by atoms with Crippen molar-refractivity contribution < 1.29 is 0 Å². The van der Waals surface area contributed by atoms with E-state index >= 15 is 0 Å². The van der Waals surface area contributed by atoms with Crippen molar-refractivity contribution in [3.63, 3.8) is 0 Å². The van der Waals surface area contributed by atoms with Gasteiger partial charge in [-0.05, 0) is 95.1 Å². The molecule has 0 unspecified atom stereocenters. The number of hydrogen-bond acceptors (Lipinski definition) is 2. The molecule has 2 aliphatic rings. The van der Waals surface area contributed by atoms with Gasteiger partial charge in [-0.25, -0.2) is 0 Å². The first-order valence-corrected chi connectivity index (χ1v) is 19.1. The smallest absolute Gasteiger partial charge is 0.0502 e. The minimum absolute atomic E-state index is 0.0927. The van der Waals surface area contributed by atoms with Gasteiger partial charge in [-0.1, -0.05) is 100 Å². The predicted molar refractivity (Wildman–Crippen MR) is 228 cm³/mol. The Balaban J connectivity index is 1.11. The van der Waals surface area contributed by atoms with Gasteiger partial charge in [0.25, 0.3) is 0 Å². The van der Waals surface area contributed by atoms with Crippen molar-refractivity contribution in [3.8, 4) is 0 Å². The van der Waals surface area contributed by atoms with Gasteiger partial charge < -0.3 is 18.9 Å². The maximum Gasteiger partial charge on any atom is 0.0502 e. The average molecular weight is 699 g/mol. The summed E-state index contributed by atoms with van der Waals surface area (Å²) in [5.74, 6) is 0. The summed E-state index contributed by atoms with van der Waals surface area (Å²) in [6.07, 6.45) is 0. The highest BCUT2D eigenvalue weighted by atomic mass is 15.2. The highest BCUT2D eigenvalue weighted by Gasteiger charge is 2.38. The van der Waals surface area contributed by atoms with Gasteiger partial charge in [0, 0.05) is 79.9 Å². The molecule has 0 fully saturated rings. The highest BCUT2D eigenvalue weighted by Crippen LogP contribution is 2.54. The molecule has 0 spiro atoms. The van der Waals surface area contributed by atoms with Crippen LogP contribution in [0.25, 0.3) is 43.6 Å². The van der Waals surface area contributed by atoms with E-state index in [0.29, 0.717) is 0 Å². The molecular weight excluding hydrogens is 657 g/mol. The fraction of sp³-hybridized carbons (Fsp3) is 0.160. The molecule has 0 aliphatic carbocycles. The van der Waals surface area contributed by atoms with E-state index < -0.39 is 0 Å². The van der Waals surface area contributed by atoms with Gasteiger partial charge >= 0.3 is 0 Å². The van der Waals surface area contributed by atoms with E-state index in [1.54, 1.807) is 0 Å². The van der Waals surface area contributed by atoms with Crippen LogP contribution in [0.2, 0.25) is 0 Å².